The van der Waals surface area contributed by atoms with Crippen LogP contribution in [0.1, 0.15) is 71.9 Å². The molecule has 1 atom stereocenters. The van der Waals surface area contributed by atoms with Gasteiger partial charge in [0.1, 0.15) is 10.6 Å². The Morgan fingerprint density at radius 3 is 2.47 bits per heavy atom. The third-order valence-electron chi connectivity index (χ3n) is 6.00. The second-order valence-corrected chi connectivity index (χ2v) is 10.8. The van der Waals surface area contributed by atoms with Crippen LogP contribution in [0.3, 0.4) is 0 Å². The number of anilines is 1. The summed E-state index contributed by atoms with van der Waals surface area (Å²) in [5, 5.41) is 10.7. The number of carbonyl (C=O) groups excluding carboxylic acids is 1. The Labute approximate surface area is 206 Å². The summed E-state index contributed by atoms with van der Waals surface area (Å²) in [5.74, 6) is 0.415. The largest absolute Gasteiger partial charge is 0.450 e. The van der Waals surface area contributed by atoms with Gasteiger partial charge in [-0.1, -0.05) is 74.9 Å². The van der Waals surface area contributed by atoms with Gasteiger partial charge in [-0.25, -0.2) is 0 Å². The summed E-state index contributed by atoms with van der Waals surface area (Å²) in [5.41, 5.74) is 2.35. The molecule has 174 valence electrons. The lowest BCUT2D eigenvalue weighted by Crippen LogP contribution is -2.29. The molecule has 0 saturated heterocycles. The predicted octanol–water partition coefficient (Wildman–Crippen LogP) is 6.37. The fourth-order valence-electron chi connectivity index (χ4n) is 4.29. The van der Waals surface area contributed by atoms with Crippen molar-refractivity contribution >= 4 is 44.9 Å². The molecule has 4 aromatic rings. The molecule has 5 rings (SSSR count). The SMILES string of the molecule is CC(C)Cc1nnc(N2C(=O)c3oc4ccc(Cl)cc4c(=O)c3C2c2ccc(C(C)C)cc2)s1. The zero-order valence-corrected chi connectivity index (χ0v) is 20.9. The van der Waals surface area contributed by atoms with Crippen molar-refractivity contribution in [3.63, 3.8) is 0 Å². The van der Waals surface area contributed by atoms with E-state index < -0.39 is 11.9 Å². The van der Waals surface area contributed by atoms with Gasteiger partial charge in [0.25, 0.3) is 5.91 Å². The van der Waals surface area contributed by atoms with Crippen molar-refractivity contribution in [3.8, 4) is 0 Å². The van der Waals surface area contributed by atoms with E-state index in [1.54, 1.807) is 23.1 Å². The molecular weight excluding hydrogens is 470 g/mol. The fourth-order valence-corrected chi connectivity index (χ4v) is 5.54. The molecule has 8 heteroatoms. The van der Waals surface area contributed by atoms with Crippen LogP contribution >= 0.6 is 22.9 Å². The van der Waals surface area contributed by atoms with Crippen LogP contribution in [0, 0.1) is 5.92 Å². The summed E-state index contributed by atoms with van der Waals surface area (Å²) in [4.78, 5) is 28.9. The predicted molar refractivity (Wildman–Crippen MR) is 135 cm³/mol. The van der Waals surface area contributed by atoms with Gasteiger partial charge in [-0.05, 0) is 41.2 Å². The van der Waals surface area contributed by atoms with Gasteiger partial charge in [0, 0.05) is 11.4 Å². The first kappa shape index (κ1) is 22.7. The Hall–Kier alpha value is -3.03. The number of aromatic nitrogens is 2. The maximum Gasteiger partial charge on any atom is 0.297 e. The molecule has 3 heterocycles. The van der Waals surface area contributed by atoms with Gasteiger partial charge in [0.15, 0.2) is 5.43 Å². The van der Waals surface area contributed by atoms with Gasteiger partial charge >= 0.3 is 0 Å². The van der Waals surface area contributed by atoms with Gasteiger partial charge in [-0.2, -0.15) is 0 Å². The molecule has 2 aromatic heterocycles. The first-order valence-electron chi connectivity index (χ1n) is 11.3. The minimum atomic E-state index is -0.664. The highest BCUT2D eigenvalue weighted by molar-refractivity contribution is 7.15. The molecule has 1 aliphatic heterocycles. The summed E-state index contributed by atoms with van der Waals surface area (Å²) in [6.45, 7) is 8.46. The van der Waals surface area contributed by atoms with Crippen molar-refractivity contribution in [2.24, 2.45) is 5.92 Å². The second kappa shape index (κ2) is 8.64. The van der Waals surface area contributed by atoms with Crippen molar-refractivity contribution in [2.45, 2.75) is 46.1 Å². The van der Waals surface area contributed by atoms with Gasteiger partial charge in [-0.15, -0.1) is 10.2 Å². The number of fused-ring (bicyclic) bond motifs is 2. The van der Waals surface area contributed by atoms with E-state index in [2.05, 4.69) is 37.9 Å². The van der Waals surface area contributed by atoms with E-state index in [1.165, 1.54) is 16.9 Å². The number of rotatable bonds is 5. The van der Waals surface area contributed by atoms with E-state index in [0.29, 0.717) is 38.5 Å². The van der Waals surface area contributed by atoms with E-state index in [-0.39, 0.29) is 11.2 Å². The number of halogens is 1. The molecule has 0 fully saturated rings. The highest BCUT2D eigenvalue weighted by Crippen LogP contribution is 2.42. The molecule has 0 spiro atoms. The molecule has 6 nitrogen and oxygen atoms in total. The molecule has 1 amide bonds. The molecule has 0 saturated carbocycles. The van der Waals surface area contributed by atoms with E-state index in [4.69, 9.17) is 16.0 Å². The lowest BCUT2D eigenvalue weighted by Gasteiger charge is -2.22. The summed E-state index contributed by atoms with van der Waals surface area (Å²) in [6, 6.07) is 12.2. The van der Waals surface area contributed by atoms with Gasteiger partial charge in [0.2, 0.25) is 10.9 Å². The topological polar surface area (TPSA) is 76.3 Å². The van der Waals surface area contributed by atoms with Crippen LogP contribution in [0.4, 0.5) is 5.13 Å². The standard InChI is InChI=1S/C26H24ClN3O3S/c1-13(2)11-20-28-29-26(34-20)30-22(16-7-5-15(6-8-16)14(3)4)21-23(31)18-12-17(27)9-10-19(18)33-24(21)25(30)32/h5-10,12-14,22H,11H2,1-4H3. The lowest BCUT2D eigenvalue weighted by molar-refractivity contribution is 0.0970. The monoisotopic (exact) mass is 493 g/mol. The zero-order chi connectivity index (χ0) is 24.1. The number of amides is 1. The minimum Gasteiger partial charge on any atom is -0.450 e. The molecule has 1 unspecified atom stereocenters. The third kappa shape index (κ3) is 3.83. The third-order valence-corrected chi connectivity index (χ3v) is 7.18. The average molecular weight is 494 g/mol. The van der Waals surface area contributed by atoms with Gasteiger partial charge < -0.3 is 4.42 Å². The van der Waals surface area contributed by atoms with Crippen molar-refractivity contribution in [2.75, 3.05) is 4.90 Å². The van der Waals surface area contributed by atoms with Gasteiger partial charge in [0.05, 0.1) is 17.0 Å². The highest BCUT2D eigenvalue weighted by Gasteiger charge is 2.45. The van der Waals surface area contributed by atoms with Crippen LogP contribution < -0.4 is 10.3 Å². The molecule has 2 aromatic carbocycles. The summed E-state index contributed by atoms with van der Waals surface area (Å²) in [6.07, 6.45) is 0.764. The minimum absolute atomic E-state index is 0.0402. The molecule has 34 heavy (non-hydrogen) atoms. The van der Waals surface area contributed by atoms with Gasteiger partial charge in [-0.3, -0.25) is 14.5 Å². The molecule has 0 radical (unpaired) electrons. The van der Waals surface area contributed by atoms with Crippen LogP contribution in [-0.2, 0) is 6.42 Å². The molecule has 0 N–H and O–H groups in total. The average Bonchev–Trinajstić information content (AvgIpc) is 3.36. The van der Waals surface area contributed by atoms with Crippen LogP contribution in [-0.4, -0.2) is 16.1 Å². The first-order valence-corrected chi connectivity index (χ1v) is 12.5. The van der Waals surface area contributed by atoms with Crippen molar-refractivity contribution < 1.29 is 9.21 Å². The molecule has 0 aliphatic carbocycles. The van der Waals surface area contributed by atoms with Crippen LogP contribution in [0.5, 0.6) is 0 Å². The van der Waals surface area contributed by atoms with Crippen LogP contribution in [0.2, 0.25) is 5.02 Å². The van der Waals surface area contributed by atoms with Crippen molar-refractivity contribution in [1.82, 2.24) is 10.2 Å². The van der Waals surface area contributed by atoms with Crippen molar-refractivity contribution in [1.29, 1.82) is 0 Å². The molecule has 0 bridgehead atoms. The number of benzene rings is 2. The Morgan fingerprint density at radius 2 is 1.79 bits per heavy atom. The van der Waals surface area contributed by atoms with E-state index in [1.807, 2.05) is 24.3 Å². The Kier molecular flexibility index (Phi) is 5.78. The summed E-state index contributed by atoms with van der Waals surface area (Å²) < 4.78 is 6.00. The van der Waals surface area contributed by atoms with E-state index in [9.17, 15) is 9.59 Å². The Morgan fingerprint density at radius 1 is 1.06 bits per heavy atom. The second-order valence-electron chi connectivity index (χ2n) is 9.29. The number of carbonyl (C=O) groups is 1. The van der Waals surface area contributed by atoms with Crippen molar-refractivity contribution in [3.05, 3.63) is 85.2 Å². The Balaban J connectivity index is 1.72. The van der Waals surface area contributed by atoms with E-state index in [0.717, 1.165) is 17.0 Å². The van der Waals surface area contributed by atoms with Crippen LogP contribution in [0.15, 0.2) is 51.7 Å². The zero-order valence-electron chi connectivity index (χ0n) is 19.3. The molecule has 1 aliphatic rings. The summed E-state index contributed by atoms with van der Waals surface area (Å²) >= 11 is 7.53. The maximum absolute atomic E-state index is 13.7. The quantitative estimate of drug-likeness (QED) is 0.323. The normalized spacial score (nSPS) is 15.7. The first-order chi connectivity index (χ1) is 16.2. The van der Waals surface area contributed by atoms with E-state index >= 15 is 0 Å². The Bertz CT molecular complexity index is 1460. The lowest BCUT2D eigenvalue weighted by atomic mass is 9.95. The van der Waals surface area contributed by atoms with Crippen LogP contribution in [0.25, 0.3) is 11.0 Å². The number of hydrogen-bond acceptors (Lipinski definition) is 6. The summed E-state index contributed by atoms with van der Waals surface area (Å²) in [7, 11) is 0. The highest BCUT2D eigenvalue weighted by atomic mass is 35.5. The molecular formula is C26H24ClN3O3S. The smallest absolute Gasteiger partial charge is 0.297 e. The fraction of sp³-hybridized carbons (Fsp3) is 0.308. The number of hydrogen-bond donors (Lipinski definition) is 0. The maximum atomic E-state index is 13.7. The number of nitrogens with zero attached hydrogens (tertiary/aromatic N) is 3.